The highest BCUT2D eigenvalue weighted by Gasteiger charge is 2.19. The molecule has 0 bridgehead atoms. The van der Waals surface area contributed by atoms with E-state index in [2.05, 4.69) is 41.1 Å². The zero-order valence-electron chi connectivity index (χ0n) is 12.1. The zero-order chi connectivity index (χ0) is 13.9. The molecule has 20 heavy (non-hydrogen) atoms. The van der Waals surface area contributed by atoms with E-state index < -0.39 is 0 Å². The highest BCUT2D eigenvalue weighted by Crippen LogP contribution is 2.22. The summed E-state index contributed by atoms with van der Waals surface area (Å²) in [7, 11) is 1.73. The topological polar surface area (TPSA) is 39.1 Å². The summed E-state index contributed by atoms with van der Waals surface area (Å²) >= 11 is 0. The van der Waals surface area contributed by atoms with Crippen LogP contribution in [0.15, 0.2) is 24.3 Å². The van der Waals surface area contributed by atoms with Crippen molar-refractivity contribution in [2.75, 3.05) is 13.7 Å². The van der Waals surface area contributed by atoms with Gasteiger partial charge in [0.05, 0.1) is 12.3 Å². The van der Waals surface area contributed by atoms with Crippen LogP contribution in [0.25, 0.3) is 5.69 Å². The van der Waals surface area contributed by atoms with E-state index in [9.17, 15) is 0 Å². The third kappa shape index (κ3) is 2.37. The highest BCUT2D eigenvalue weighted by atomic mass is 16.5. The average Bonchev–Trinajstić information content (AvgIpc) is 2.86. The maximum Gasteiger partial charge on any atom is 0.113 e. The number of nitrogens with zero attached hydrogens (tertiary/aromatic N) is 2. The van der Waals surface area contributed by atoms with Gasteiger partial charge in [0.2, 0.25) is 0 Å². The zero-order valence-corrected chi connectivity index (χ0v) is 12.1. The molecule has 0 amide bonds. The number of rotatable bonds is 4. The van der Waals surface area contributed by atoms with Crippen molar-refractivity contribution < 1.29 is 4.74 Å². The Morgan fingerprint density at radius 2 is 2.30 bits per heavy atom. The summed E-state index contributed by atoms with van der Waals surface area (Å²) in [5, 5.41) is 3.39. The van der Waals surface area contributed by atoms with Crippen molar-refractivity contribution in [1.29, 1.82) is 0 Å². The molecule has 0 radical (unpaired) electrons. The minimum atomic E-state index is 0.647. The van der Waals surface area contributed by atoms with Crippen LogP contribution in [0.1, 0.15) is 29.7 Å². The molecule has 0 fully saturated rings. The molecule has 0 atom stereocenters. The molecule has 3 rings (SSSR count). The van der Waals surface area contributed by atoms with Gasteiger partial charge in [-0.3, -0.25) is 0 Å². The van der Waals surface area contributed by atoms with Crippen LogP contribution in [0.5, 0.6) is 0 Å². The van der Waals surface area contributed by atoms with E-state index in [0.29, 0.717) is 6.61 Å². The molecule has 1 N–H and O–H groups in total. The van der Waals surface area contributed by atoms with Crippen LogP contribution in [0.2, 0.25) is 0 Å². The predicted molar refractivity (Wildman–Crippen MR) is 79.1 cm³/mol. The van der Waals surface area contributed by atoms with E-state index in [1.165, 1.54) is 22.6 Å². The normalized spacial score (nSPS) is 14.3. The Kier molecular flexibility index (Phi) is 3.85. The van der Waals surface area contributed by atoms with Crippen LogP contribution < -0.4 is 5.32 Å². The Balaban J connectivity index is 2.08. The lowest BCUT2D eigenvalue weighted by Gasteiger charge is -2.16. The lowest BCUT2D eigenvalue weighted by Crippen LogP contribution is -2.24. The van der Waals surface area contributed by atoms with Gasteiger partial charge in [0.25, 0.3) is 0 Å². The van der Waals surface area contributed by atoms with Gasteiger partial charge in [0.1, 0.15) is 5.82 Å². The van der Waals surface area contributed by atoms with Crippen LogP contribution in [0.4, 0.5) is 0 Å². The standard InChI is InChI=1S/C16H21N3O/c1-3-16-18-14-10-17-8-7-15(14)19(16)13-6-4-5-12(9-13)11-20-2/h4-6,9,17H,3,7-8,10-11H2,1-2H3. The fraction of sp³-hybridized carbons (Fsp3) is 0.438. The summed E-state index contributed by atoms with van der Waals surface area (Å²) in [5.41, 5.74) is 4.95. The number of fused-ring (bicyclic) bond motifs is 1. The number of benzene rings is 1. The van der Waals surface area contributed by atoms with E-state index in [1.54, 1.807) is 7.11 Å². The second-order valence-corrected chi connectivity index (χ2v) is 5.14. The lowest BCUT2D eigenvalue weighted by molar-refractivity contribution is 0.185. The molecule has 0 saturated heterocycles. The second-order valence-electron chi connectivity index (χ2n) is 5.14. The average molecular weight is 271 g/mol. The van der Waals surface area contributed by atoms with E-state index in [4.69, 9.17) is 9.72 Å². The van der Waals surface area contributed by atoms with Crippen molar-refractivity contribution in [1.82, 2.24) is 14.9 Å². The van der Waals surface area contributed by atoms with Crippen LogP contribution >= 0.6 is 0 Å². The molecule has 2 aromatic rings. The van der Waals surface area contributed by atoms with Gasteiger partial charge in [0, 0.05) is 44.4 Å². The molecule has 0 aliphatic carbocycles. The molecular weight excluding hydrogens is 250 g/mol. The van der Waals surface area contributed by atoms with E-state index in [1.807, 2.05) is 0 Å². The minimum Gasteiger partial charge on any atom is -0.380 e. The minimum absolute atomic E-state index is 0.647. The first-order chi connectivity index (χ1) is 9.83. The van der Waals surface area contributed by atoms with E-state index >= 15 is 0 Å². The van der Waals surface area contributed by atoms with Gasteiger partial charge in [-0.15, -0.1) is 0 Å². The van der Waals surface area contributed by atoms with Crippen LogP contribution in [0, 0.1) is 0 Å². The quantitative estimate of drug-likeness (QED) is 0.927. The number of hydrogen-bond donors (Lipinski definition) is 1. The molecule has 1 aliphatic heterocycles. The summed E-state index contributed by atoms with van der Waals surface area (Å²) in [6.45, 7) is 4.72. The Morgan fingerprint density at radius 1 is 1.40 bits per heavy atom. The molecule has 1 aromatic heterocycles. The van der Waals surface area contributed by atoms with Gasteiger partial charge in [0.15, 0.2) is 0 Å². The van der Waals surface area contributed by atoms with Gasteiger partial charge < -0.3 is 14.6 Å². The largest absolute Gasteiger partial charge is 0.380 e. The smallest absolute Gasteiger partial charge is 0.113 e. The first kappa shape index (κ1) is 13.3. The number of aryl methyl sites for hydroxylation is 1. The fourth-order valence-corrected chi connectivity index (χ4v) is 2.86. The van der Waals surface area contributed by atoms with E-state index in [0.717, 1.165) is 31.8 Å². The molecule has 106 valence electrons. The van der Waals surface area contributed by atoms with Crippen LogP contribution in [-0.4, -0.2) is 23.2 Å². The van der Waals surface area contributed by atoms with Gasteiger partial charge in [-0.25, -0.2) is 4.98 Å². The van der Waals surface area contributed by atoms with Crippen molar-refractivity contribution in [3.05, 3.63) is 47.0 Å². The second kappa shape index (κ2) is 5.77. The SMILES string of the molecule is CCc1nc2c(n1-c1cccc(COC)c1)CCNC2. The Bertz CT molecular complexity index is 604. The number of ether oxygens (including phenoxy) is 1. The molecule has 4 nitrogen and oxygen atoms in total. The first-order valence-corrected chi connectivity index (χ1v) is 7.21. The van der Waals surface area contributed by atoms with Crippen molar-refractivity contribution >= 4 is 0 Å². The molecule has 0 unspecified atom stereocenters. The number of imidazole rings is 1. The Morgan fingerprint density at radius 3 is 3.10 bits per heavy atom. The Hall–Kier alpha value is -1.65. The number of aromatic nitrogens is 2. The summed E-state index contributed by atoms with van der Waals surface area (Å²) in [4.78, 5) is 4.79. The fourth-order valence-electron chi connectivity index (χ4n) is 2.86. The monoisotopic (exact) mass is 271 g/mol. The summed E-state index contributed by atoms with van der Waals surface area (Å²) in [6.07, 6.45) is 1.98. The van der Waals surface area contributed by atoms with Gasteiger partial charge in [-0.2, -0.15) is 0 Å². The van der Waals surface area contributed by atoms with Crippen LogP contribution in [-0.2, 0) is 30.7 Å². The van der Waals surface area contributed by atoms with Crippen molar-refractivity contribution in [3.8, 4) is 5.69 Å². The molecule has 0 saturated carbocycles. The van der Waals surface area contributed by atoms with Gasteiger partial charge in [-0.05, 0) is 17.7 Å². The number of hydrogen-bond acceptors (Lipinski definition) is 3. The molecule has 2 heterocycles. The highest BCUT2D eigenvalue weighted by molar-refractivity contribution is 5.41. The third-order valence-electron chi connectivity index (χ3n) is 3.75. The van der Waals surface area contributed by atoms with Crippen LogP contribution in [0.3, 0.4) is 0 Å². The van der Waals surface area contributed by atoms with Gasteiger partial charge >= 0.3 is 0 Å². The first-order valence-electron chi connectivity index (χ1n) is 7.21. The summed E-state index contributed by atoms with van der Waals surface area (Å²) < 4.78 is 7.56. The molecule has 1 aromatic carbocycles. The predicted octanol–water partition coefficient (Wildman–Crippen LogP) is 2.23. The van der Waals surface area contributed by atoms with Crippen molar-refractivity contribution in [2.45, 2.75) is 32.9 Å². The Labute approximate surface area is 119 Å². The summed E-state index contributed by atoms with van der Waals surface area (Å²) in [5.74, 6) is 1.15. The molecule has 0 spiro atoms. The van der Waals surface area contributed by atoms with Crippen molar-refractivity contribution in [3.63, 3.8) is 0 Å². The van der Waals surface area contributed by atoms with Crippen molar-refractivity contribution in [2.24, 2.45) is 0 Å². The number of nitrogens with one attached hydrogen (secondary N) is 1. The van der Waals surface area contributed by atoms with Gasteiger partial charge in [-0.1, -0.05) is 19.1 Å². The maximum absolute atomic E-state index is 5.23. The lowest BCUT2D eigenvalue weighted by atomic mass is 10.1. The molecule has 4 heteroatoms. The number of methoxy groups -OCH3 is 1. The van der Waals surface area contributed by atoms with E-state index in [-0.39, 0.29) is 0 Å². The molecule has 1 aliphatic rings. The molecular formula is C16H21N3O. The third-order valence-corrected chi connectivity index (χ3v) is 3.75. The maximum atomic E-state index is 5.23. The summed E-state index contributed by atoms with van der Waals surface area (Å²) in [6, 6.07) is 8.55.